The van der Waals surface area contributed by atoms with Crippen LogP contribution in [0.5, 0.6) is 0 Å². The molecule has 2 aromatic carbocycles. The highest BCUT2D eigenvalue weighted by Crippen LogP contribution is 2.24. The number of hydrogen-bond acceptors (Lipinski definition) is 4. The number of aromatic nitrogens is 1. The van der Waals surface area contributed by atoms with Gasteiger partial charge in [-0.05, 0) is 41.1 Å². The van der Waals surface area contributed by atoms with Crippen molar-refractivity contribution in [1.29, 1.82) is 0 Å². The number of benzene rings is 2. The van der Waals surface area contributed by atoms with E-state index in [0.29, 0.717) is 0 Å². The Morgan fingerprint density at radius 3 is 2.73 bits per heavy atom. The highest BCUT2D eigenvalue weighted by atomic mass is 127. The van der Waals surface area contributed by atoms with E-state index in [9.17, 15) is 0 Å². The number of hydrazone groups is 1. The van der Waals surface area contributed by atoms with E-state index in [1.165, 1.54) is 9.13 Å². The van der Waals surface area contributed by atoms with Gasteiger partial charge in [-0.25, -0.2) is 4.98 Å². The van der Waals surface area contributed by atoms with E-state index in [2.05, 4.69) is 75.4 Å². The van der Waals surface area contributed by atoms with Crippen LogP contribution in [0.15, 0.2) is 59.0 Å². The lowest BCUT2D eigenvalue weighted by Gasteiger charge is -2.02. The van der Waals surface area contributed by atoms with Crippen LogP contribution in [0.1, 0.15) is 11.1 Å². The molecule has 0 bridgehead atoms. The van der Waals surface area contributed by atoms with Crippen molar-refractivity contribution in [3.63, 3.8) is 0 Å². The molecular formula is C17H14IN3S. The molecule has 22 heavy (non-hydrogen) atoms. The van der Waals surface area contributed by atoms with Crippen LogP contribution in [-0.2, 0) is 0 Å². The molecule has 0 saturated carbocycles. The minimum atomic E-state index is 0.790. The summed E-state index contributed by atoms with van der Waals surface area (Å²) in [5, 5.41) is 7.13. The molecule has 0 unspecified atom stereocenters. The summed E-state index contributed by atoms with van der Waals surface area (Å²) in [5.41, 5.74) is 7.44. The molecule has 0 aliphatic rings. The number of halogens is 1. The second-order valence-electron chi connectivity index (χ2n) is 4.74. The summed E-state index contributed by atoms with van der Waals surface area (Å²) in [6.07, 6.45) is 1.85. The van der Waals surface area contributed by atoms with Crippen molar-refractivity contribution in [2.75, 3.05) is 5.43 Å². The number of anilines is 1. The Morgan fingerprint density at radius 1 is 1.14 bits per heavy atom. The van der Waals surface area contributed by atoms with Crippen molar-refractivity contribution < 1.29 is 0 Å². The number of nitrogens with one attached hydrogen (secondary N) is 1. The number of thiazole rings is 1. The van der Waals surface area contributed by atoms with Gasteiger partial charge in [0.1, 0.15) is 0 Å². The second kappa shape index (κ2) is 7.02. The molecular weight excluding hydrogens is 405 g/mol. The summed E-state index contributed by atoms with van der Waals surface area (Å²) < 4.78 is 1.19. The molecule has 0 radical (unpaired) electrons. The SMILES string of the molecule is Cc1cccc(I)c1C=NNc1nc(-c2ccccc2)cs1. The minimum absolute atomic E-state index is 0.790. The average Bonchev–Trinajstić information content (AvgIpc) is 3.00. The van der Waals surface area contributed by atoms with E-state index < -0.39 is 0 Å². The molecule has 1 N–H and O–H groups in total. The number of hydrogen-bond donors (Lipinski definition) is 1. The Balaban J connectivity index is 1.72. The summed E-state index contributed by atoms with van der Waals surface area (Å²) >= 11 is 3.87. The Bertz CT molecular complexity index is 776. The smallest absolute Gasteiger partial charge is 0.203 e. The molecule has 3 nitrogen and oxygen atoms in total. The van der Waals surface area contributed by atoms with Gasteiger partial charge in [-0.3, -0.25) is 5.43 Å². The van der Waals surface area contributed by atoms with Gasteiger partial charge >= 0.3 is 0 Å². The van der Waals surface area contributed by atoms with Crippen molar-refractivity contribution in [3.05, 3.63) is 68.6 Å². The van der Waals surface area contributed by atoms with Crippen LogP contribution in [0, 0.1) is 10.5 Å². The van der Waals surface area contributed by atoms with Crippen LogP contribution in [0.3, 0.4) is 0 Å². The Labute approximate surface area is 147 Å². The molecule has 3 aromatic rings. The molecule has 0 fully saturated rings. The van der Waals surface area contributed by atoms with Crippen LogP contribution in [-0.4, -0.2) is 11.2 Å². The lowest BCUT2D eigenvalue weighted by atomic mass is 10.1. The van der Waals surface area contributed by atoms with E-state index in [-0.39, 0.29) is 0 Å². The first-order valence-electron chi connectivity index (χ1n) is 6.79. The average molecular weight is 419 g/mol. The zero-order valence-electron chi connectivity index (χ0n) is 12.0. The third-order valence-corrected chi connectivity index (χ3v) is 4.89. The van der Waals surface area contributed by atoms with Gasteiger partial charge in [-0.15, -0.1) is 11.3 Å². The van der Waals surface area contributed by atoms with Gasteiger partial charge in [-0.2, -0.15) is 5.10 Å². The van der Waals surface area contributed by atoms with E-state index in [0.717, 1.165) is 22.0 Å². The highest BCUT2D eigenvalue weighted by molar-refractivity contribution is 14.1. The van der Waals surface area contributed by atoms with Crippen LogP contribution < -0.4 is 5.43 Å². The number of rotatable bonds is 4. The van der Waals surface area contributed by atoms with E-state index in [1.54, 1.807) is 11.3 Å². The van der Waals surface area contributed by atoms with Gasteiger partial charge in [0.25, 0.3) is 0 Å². The molecule has 0 amide bonds. The molecule has 3 rings (SSSR count). The van der Waals surface area contributed by atoms with E-state index in [4.69, 9.17) is 0 Å². The largest absolute Gasteiger partial charge is 0.253 e. The Hall–Kier alpha value is -1.73. The summed E-state index contributed by atoms with van der Waals surface area (Å²) in [7, 11) is 0. The van der Waals surface area contributed by atoms with Gasteiger partial charge in [0.05, 0.1) is 11.9 Å². The molecule has 1 heterocycles. The molecule has 0 aliphatic carbocycles. The van der Waals surface area contributed by atoms with Crippen molar-refractivity contribution >= 4 is 45.3 Å². The Kier molecular flexibility index (Phi) is 4.84. The number of aryl methyl sites for hydroxylation is 1. The van der Waals surface area contributed by atoms with Crippen LogP contribution in [0.25, 0.3) is 11.3 Å². The molecule has 5 heteroatoms. The molecule has 110 valence electrons. The molecule has 0 spiro atoms. The third kappa shape index (κ3) is 3.53. The van der Waals surface area contributed by atoms with Crippen molar-refractivity contribution in [3.8, 4) is 11.3 Å². The minimum Gasteiger partial charge on any atom is -0.253 e. The molecule has 0 atom stereocenters. The fourth-order valence-corrected chi connectivity index (χ4v) is 3.47. The molecule has 1 aromatic heterocycles. The van der Waals surface area contributed by atoms with Gasteiger partial charge in [-0.1, -0.05) is 42.5 Å². The zero-order valence-corrected chi connectivity index (χ0v) is 14.9. The molecule has 0 saturated heterocycles. The topological polar surface area (TPSA) is 37.3 Å². The van der Waals surface area contributed by atoms with E-state index in [1.807, 2.05) is 29.8 Å². The van der Waals surface area contributed by atoms with Crippen molar-refractivity contribution in [2.24, 2.45) is 5.10 Å². The first-order chi connectivity index (χ1) is 10.7. The Morgan fingerprint density at radius 2 is 1.95 bits per heavy atom. The zero-order chi connectivity index (χ0) is 15.4. The first kappa shape index (κ1) is 15.2. The lowest BCUT2D eigenvalue weighted by Crippen LogP contribution is -1.95. The summed E-state index contributed by atoms with van der Waals surface area (Å²) in [6, 6.07) is 16.3. The third-order valence-electron chi connectivity index (χ3n) is 3.20. The van der Waals surface area contributed by atoms with Gasteiger partial charge in [0.15, 0.2) is 0 Å². The highest BCUT2D eigenvalue weighted by Gasteiger charge is 2.03. The summed E-state index contributed by atoms with van der Waals surface area (Å²) in [6.45, 7) is 2.08. The van der Waals surface area contributed by atoms with Gasteiger partial charge < -0.3 is 0 Å². The maximum absolute atomic E-state index is 4.55. The standard InChI is InChI=1S/C17H14IN3S/c1-12-6-5-9-15(18)14(12)10-19-21-17-20-16(11-22-17)13-7-3-2-4-8-13/h2-11H,1H3,(H,20,21). The second-order valence-corrected chi connectivity index (χ2v) is 6.76. The normalized spacial score (nSPS) is 11.0. The van der Waals surface area contributed by atoms with Crippen LogP contribution >= 0.6 is 33.9 Å². The van der Waals surface area contributed by atoms with Crippen LogP contribution in [0.4, 0.5) is 5.13 Å². The van der Waals surface area contributed by atoms with Crippen LogP contribution in [0.2, 0.25) is 0 Å². The van der Waals surface area contributed by atoms with Crippen molar-refractivity contribution in [1.82, 2.24) is 4.98 Å². The summed E-state index contributed by atoms with van der Waals surface area (Å²) in [4.78, 5) is 4.55. The van der Waals surface area contributed by atoms with E-state index >= 15 is 0 Å². The van der Waals surface area contributed by atoms with Gasteiger partial charge in [0.2, 0.25) is 5.13 Å². The predicted octanol–water partition coefficient (Wildman–Crippen LogP) is 5.17. The predicted molar refractivity (Wildman–Crippen MR) is 103 cm³/mol. The maximum Gasteiger partial charge on any atom is 0.203 e. The quantitative estimate of drug-likeness (QED) is 0.360. The van der Waals surface area contributed by atoms with Gasteiger partial charge in [0, 0.05) is 20.1 Å². The fourth-order valence-electron chi connectivity index (χ4n) is 2.03. The summed E-state index contributed by atoms with van der Waals surface area (Å²) in [5.74, 6) is 0. The fraction of sp³-hybridized carbons (Fsp3) is 0.0588. The number of nitrogens with zero attached hydrogens (tertiary/aromatic N) is 2. The lowest BCUT2D eigenvalue weighted by molar-refractivity contribution is 1.28. The molecule has 0 aliphatic heterocycles. The maximum atomic E-state index is 4.55. The first-order valence-corrected chi connectivity index (χ1v) is 8.75. The monoisotopic (exact) mass is 419 g/mol. The van der Waals surface area contributed by atoms with Crippen molar-refractivity contribution in [2.45, 2.75) is 6.92 Å².